The molecule has 2 fully saturated rings. The molecule has 1 aromatic carbocycles. The van der Waals surface area contributed by atoms with Gasteiger partial charge in [-0.2, -0.15) is 0 Å². The second kappa shape index (κ2) is 16.8. The van der Waals surface area contributed by atoms with Crippen LogP contribution in [0.5, 0.6) is 0 Å². The molecule has 0 spiro atoms. The van der Waals surface area contributed by atoms with Gasteiger partial charge in [-0.25, -0.2) is 13.6 Å². The van der Waals surface area contributed by atoms with E-state index >= 15 is 0 Å². The van der Waals surface area contributed by atoms with E-state index in [9.17, 15) is 18.7 Å². The Morgan fingerprint density at radius 2 is 1.56 bits per heavy atom. The summed E-state index contributed by atoms with van der Waals surface area (Å²) < 4.78 is 31.4. The average Bonchev–Trinajstić information content (AvgIpc) is 2.75. The van der Waals surface area contributed by atoms with Gasteiger partial charge in [0.1, 0.15) is 19.0 Å². The van der Waals surface area contributed by atoms with Crippen molar-refractivity contribution in [3.05, 3.63) is 35.9 Å². The number of rotatable bonds is 2. The van der Waals surface area contributed by atoms with Crippen LogP contribution in [0, 0.1) is 0 Å². The summed E-state index contributed by atoms with van der Waals surface area (Å²) in [5.74, 6) is 0. The molecule has 0 radical (unpaired) electrons. The molecular weight excluding hydrogens is 418 g/mol. The van der Waals surface area contributed by atoms with Crippen molar-refractivity contribution in [3.8, 4) is 0 Å². The molecule has 6 nitrogen and oxygen atoms in total. The van der Waals surface area contributed by atoms with Gasteiger partial charge in [0.25, 0.3) is 0 Å². The van der Waals surface area contributed by atoms with E-state index in [1.807, 2.05) is 30.3 Å². The monoisotopic (exact) mass is 460 g/mol. The Hall–Kier alpha value is -1.77. The Morgan fingerprint density at radius 3 is 2.25 bits per heavy atom. The quantitative estimate of drug-likeness (QED) is 0.615. The summed E-state index contributed by atoms with van der Waals surface area (Å²) in [6, 6.07) is 9.43. The van der Waals surface area contributed by atoms with Crippen LogP contribution in [0.2, 0.25) is 0 Å². The molecule has 8 heteroatoms. The number of carbonyl (C=O) groups is 1. The van der Waals surface area contributed by atoms with Crippen molar-refractivity contribution >= 4 is 6.09 Å². The van der Waals surface area contributed by atoms with Crippen LogP contribution in [0.25, 0.3) is 0 Å². The number of nitrogens with one attached hydrogen (secondary N) is 1. The van der Waals surface area contributed by atoms with Gasteiger partial charge in [0, 0.05) is 13.1 Å². The minimum Gasteiger partial charge on any atom is -0.445 e. The normalized spacial score (nSPS) is 26.3. The molecule has 1 amide bonds. The molecule has 1 aromatic rings. The largest absolute Gasteiger partial charge is 0.445 e. The number of hydrogen-bond donors (Lipinski definition) is 3. The van der Waals surface area contributed by atoms with Gasteiger partial charge in [-0.15, -0.1) is 0 Å². The Kier molecular flexibility index (Phi) is 15.9. The zero-order valence-electron chi connectivity index (χ0n) is 17.4. The van der Waals surface area contributed by atoms with Crippen LogP contribution in [0.3, 0.4) is 0 Å². The lowest BCUT2D eigenvalue weighted by atomic mass is 10.0. The fraction of sp³-hybridized carbons (Fsp3) is 0.708. The minimum absolute atomic E-state index is 0. The van der Waals surface area contributed by atoms with Crippen molar-refractivity contribution in [2.75, 3.05) is 26.2 Å². The first-order valence-electron chi connectivity index (χ1n) is 10.8. The summed E-state index contributed by atoms with van der Waals surface area (Å²) in [5.41, 5.74) is 0.923. The lowest BCUT2D eigenvalue weighted by Gasteiger charge is -2.27. The zero-order valence-corrected chi connectivity index (χ0v) is 17.4. The van der Waals surface area contributed by atoms with Crippen LogP contribution in [-0.4, -0.2) is 71.9 Å². The number of ether oxygens (including phenoxy) is 1. The molecule has 2 aliphatic rings. The van der Waals surface area contributed by atoms with E-state index in [2.05, 4.69) is 5.32 Å². The molecule has 0 bridgehead atoms. The highest BCUT2D eigenvalue weighted by Gasteiger charge is 2.25. The second-order valence-electron chi connectivity index (χ2n) is 7.81. The number of hydrogen-bond acceptors (Lipinski definition) is 5. The number of aliphatic hydroxyl groups is 2. The van der Waals surface area contributed by atoms with E-state index in [1.165, 1.54) is 4.90 Å². The van der Waals surface area contributed by atoms with Crippen LogP contribution in [0.1, 0.15) is 58.9 Å². The summed E-state index contributed by atoms with van der Waals surface area (Å²) in [6.45, 7) is 2.60. The topological polar surface area (TPSA) is 82.0 Å². The SMILES string of the molecule is C.C.O=C(OCc1ccccc1)N1CCCC(O)C(F)CC1.OC1CCCNCCC1F. The number of carbonyl (C=O) groups excluding carboxylic acids is 1. The second-order valence-corrected chi connectivity index (χ2v) is 7.81. The van der Waals surface area contributed by atoms with Crippen LogP contribution < -0.4 is 5.32 Å². The highest BCUT2D eigenvalue weighted by Crippen LogP contribution is 2.16. The Bertz CT molecular complexity index is 597. The van der Waals surface area contributed by atoms with Crippen LogP contribution in [-0.2, 0) is 11.3 Å². The molecule has 2 heterocycles. The molecule has 2 saturated heterocycles. The summed E-state index contributed by atoms with van der Waals surface area (Å²) in [4.78, 5) is 13.5. The van der Waals surface area contributed by atoms with E-state index in [1.54, 1.807) is 0 Å². The Balaban J connectivity index is 0.000000683. The molecule has 186 valence electrons. The van der Waals surface area contributed by atoms with E-state index in [0.717, 1.165) is 18.5 Å². The van der Waals surface area contributed by atoms with Crippen molar-refractivity contribution in [2.24, 2.45) is 0 Å². The van der Waals surface area contributed by atoms with Crippen molar-refractivity contribution in [1.82, 2.24) is 10.2 Å². The van der Waals surface area contributed by atoms with Gasteiger partial charge in [0.15, 0.2) is 0 Å². The van der Waals surface area contributed by atoms with Crippen LogP contribution in [0.15, 0.2) is 30.3 Å². The third-order valence-electron chi connectivity index (χ3n) is 5.35. The number of likely N-dealkylation sites (tertiary alicyclic amines) is 1. The Morgan fingerprint density at radius 1 is 0.938 bits per heavy atom. The molecule has 2 aliphatic heterocycles. The maximum absolute atomic E-state index is 13.5. The predicted molar refractivity (Wildman–Crippen MR) is 124 cm³/mol. The van der Waals surface area contributed by atoms with Gasteiger partial charge in [-0.1, -0.05) is 45.2 Å². The molecule has 0 saturated carbocycles. The highest BCUT2D eigenvalue weighted by atomic mass is 19.1. The number of halogens is 2. The van der Waals surface area contributed by atoms with E-state index in [0.29, 0.717) is 38.8 Å². The van der Waals surface area contributed by atoms with Gasteiger partial charge >= 0.3 is 6.09 Å². The highest BCUT2D eigenvalue weighted by molar-refractivity contribution is 5.67. The lowest BCUT2D eigenvalue weighted by Crippen LogP contribution is -2.39. The van der Waals surface area contributed by atoms with Crippen LogP contribution in [0.4, 0.5) is 13.6 Å². The molecule has 3 N–H and O–H groups in total. The van der Waals surface area contributed by atoms with E-state index < -0.39 is 30.6 Å². The zero-order chi connectivity index (χ0) is 21.8. The number of amides is 1. The smallest absolute Gasteiger partial charge is 0.410 e. The van der Waals surface area contributed by atoms with E-state index in [-0.39, 0.29) is 34.4 Å². The molecular formula is C24H42F2N2O4. The summed E-state index contributed by atoms with van der Waals surface area (Å²) >= 11 is 0. The van der Waals surface area contributed by atoms with E-state index in [4.69, 9.17) is 9.84 Å². The lowest BCUT2D eigenvalue weighted by molar-refractivity contribution is 0.0371. The van der Waals surface area contributed by atoms with Crippen molar-refractivity contribution in [1.29, 1.82) is 0 Å². The van der Waals surface area contributed by atoms with Crippen molar-refractivity contribution in [3.63, 3.8) is 0 Å². The van der Waals surface area contributed by atoms with Crippen molar-refractivity contribution < 1.29 is 28.5 Å². The predicted octanol–water partition coefficient (Wildman–Crippen LogP) is 4.24. The Labute approximate surface area is 192 Å². The first kappa shape index (κ1) is 30.2. The fourth-order valence-electron chi connectivity index (χ4n) is 3.42. The minimum atomic E-state index is -1.26. The third-order valence-corrected chi connectivity index (χ3v) is 5.35. The summed E-state index contributed by atoms with van der Waals surface area (Å²) in [6.07, 6.45) is -1.30. The van der Waals surface area contributed by atoms with Gasteiger partial charge < -0.3 is 25.2 Å². The van der Waals surface area contributed by atoms with Gasteiger partial charge in [-0.3, -0.25) is 0 Å². The molecule has 4 unspecified atom stereocenters. The number of alkyl halides is 2. The number of nitrogens with zero attached hydrogens (tertiary/aromatic N) is 1. The van der Waals surface area contributed by atoms with Gasteiger partial charge in [-0.05, 0) is 57.2 Å². The average molecular weight is 461 g/mol. The van der Waals surface area contributed by atoms with Crippen LogP contribution >= 0.6 is 0 Å². The molecule has 32 heavy (non-hydrogen) atoms. The maximum Gasteiger partial charge on any atom is 0.410 e. The molecule has 0 aliphatic carbocycles. The van der Waals surface area contributed by atoms with Gasteiger partial charge in [0.2, 0.25) is 0 Å². The summed E-state index contributed by atoms with van der Waals surface area (Å²) in [5, 5.41) is 21.6. The fourth-order valence-corrected chi connectivity index (χ4v) is 3.42. The standard InChI is InChI=1S/C15H20FNO3.C7H14FNO.2CH4/c16-13-8-10-17(9-4-7-14(13)18)15(19)20-11-12-5-2-1-3-6-12;8-6-3-5-9-4-1-2-7(6)10;;/h1-3,5-6,13-14,18H,4,7-11H2;6-7,9-10H,1-5H2;2*1H4. The molecule has 0 aromatic heterocycles. The summed E-state index contributed by atoms with van der Waals surface area (Å²) in [7, 11) is 0. The molecule has 3 rings (SSSR count). The van der Waals surface area contributed by atoms with Gasteiger partial charge in [0.05, 0.1) is 12.2 Å². The maximum atomic E-state index is 13.5. The third kappa shape index (κ3) is 11.2. The number of aliphatic hydroxyl groups excluding tert-OH is 2. The number of benzene rings is 1. The first-order chi connectivity index (χ1) is 14.5. The van der Waals surface area contributed by atoms with Crippen molar-refractivity contribution in [2.45, 2.75) is 84.5 Å². The molecule has 4 atom stereocenters. The first-order valence-corrected chi connectivity index (χ1v) is 10.8.